The summed E-state index contributed by atoms with van der Waals surface area (Å²) < 4.78 is 40.8. The summed E-state index contributed by atoms with van der Waals surface area (Å²) in [6.45, 7) is 6.76. The first kappa shape index (κ1) is 23.1. The van der Waals surface area contributed by atoms with Crippen molar-refractivity contribution in [3.05, 3.63) is 42.5 Å². The molecule has 2 aromatic carbocycles. The Morgan fingerprint density at radius 2 is 1.76 bits per heavy atom. The molecule has 3 aromatic rings. The summed E-state index contributed by atoms with van der Waals surface area (Å²) in [5.74, 6) is 1.14. The largest absolute Gasteiger partial charge is 0.490 e. The zero-order valence-electron chi connectivity index (χ0n) is 19.2. The molecule has 0 atom stereocenters. The van der Waals surface area contributed by atoms with Crippen LogP contribution in [0, 0.1) is 0 Å². The first-order valence-corrected chi connectivity index (χ1v) is 12.7. The number of aromatic nitrogens is 1. The van der Waals surface area contributed by atoms with Gasteiger partial charge in [-0.05, 0) is 63.2 Å². The highest BCUT2D eigenvalue weighted by atomic mass is 32.2. The van der Waals surface area contributed by atoms with Crippen molar-refractivity contribution >= 4 is 27.0 Å². The Bertz CT molecular complexity index is 1250. The highest BCUT2D eigenvalue weighted by molar-refractivity contribution is 7.90. The highest BCUT2D eigenvalue weighted by Crippen LogP contribution is 2.28. The van der Waals surface area contributed by atoms with Gasteiger partial charge in [-0.3, -0.25) is 0 Å². The fourth-order valence-electron chi connectivity index (χ4n) is 3.61. The number of likely N-dealkylation sites (tertiary alicyclic amines) is 1. The number of piperidine rings is 1. The number of fused-ring (bicyclic) bond motifs is 1. The third-order valence-corrected chi connectivity index (χ3v) is 6.40. The van der Waals surface area contributed by atoms with Gasteiger partial charge in [0.25, 0.3) is 0 Å². The first-order chi connectivity index (χ1) is 15.5. The molecule has 1 aromatic heterocycles. The summed E-state index contributed by atoms with van der Waals surface area (Å²) in [7, 11) is -3.31. The van der Waals surface area contributed by atoms with E-state index < -0.39 is 15.4 Å². The van der Waals surface area contributed by atoms with Gasteiger partial charge in [-0.25, -0.2) is 18.2 Å². The maximum atomic E-state index is 12.2. The molecular formula is C24H28N2O6S. The topological polar surface area (TPSA) is 98.9 Å². The molecule has 0 saturated carbocycles. The quantitative estimate of drug-likeness (QED) is 0.544. The van der Waals surface area contributed by atoms with E-state index in [0.29, 0.717) is 30.1 Å². The highest BCUT2D eigenvalue weighted by Gasteiger charge is 2.27. The van der Waals surface area contributed by atoms with E-state index in [1.54, 1.807) is 11.0 Å². The van der Waals surface area contributed by atoms with E-state index in [-0.39, 0.29) is 17.1 Å². The maximum absolute atomic E-state index is 12.2. The molecule has 0 bridgehead atoms. The number of sulfone groups is 1. The summed E-state index contributed by atoms with van der Waals surface area (Å²) in [6, 6.07) is 12.1. The van der Waals surface area contributed by atoms with Crippen LogP contribution in [0.25, 0.3) is 22.6 Å². The van der Waals surface area contributed by atoms with Crippen LogP contribution in [0.5, 0.6) is 5.75 Å². The second-order valence-electron chi connectivity index (χ2n) is 9.23. The van der Waals surface area contributed by atoms with Crippen LogP contribution < -0.4 is 4.74 Å². The minimum Gasteiger partial charge on any atom is -0.490 e. The van der Waals surface area contributed by atoms with Crippen molar-refractivity contribution in [1.29, 1.82) is 0 Å². The summed E-state index contributed by atoms with van der Waals surface area (Å²) in [4.78, 5) is 18.6. The molecule has 33 heavy (non-hydrogen) atoms. The van der Waals surface area contributed by atoms with E-state index in [9.17, 15) is 13.2 Å². The Morgan fingerprint density at radius 1 is 1.09 bits per heavy atom. The molecule has 176 valence electrons. The normalized spacial score (nSPS) is 15.6. The molecule has 0 aliphatic carbocycles. The second kappa shape index (κ2) is 8.70. The van der Waals surface area contributed by atoms with Gasteiger partial charge in [-0.2, -0.15) is 0 Å². The summed E-state index contributed by atoms with van der Waals surface area (Å²) >= 11 is 0. The van der Waals surface area contributed by atoms with Gasteiger partial charge >= 0.3 is 6.09 Å². The fraction of sp³-hybridized carbons (Fsp3) is 0.417. The van der Waals surface area contributed by atoms with Gasteiger partial charge in [0.2, 0.25) is 5.89 Å². The number of hydrogen-bond acceptors (Lipinski definition) is 7. The van der Waals surface area contributed by atoms with Crippen LogP contribution in [-0.4, -0.2) is 55.4 Å². The molecule has 4 rings (SSSR count). The number of hydrogen-bond donors (Lipinski definition) is 0. The Kier molecular flexibility index (Phi) is 6.09. The zero-order valence-corrected chi connectivity index (χ0v) is 20.0. The molecule has 9 heteroatoms. The Morgan fingerprint density at radius 3 is 2.36 bits per heavy atom. The average Bonchev–Trinajstić information content (AvgIpc) is 3.16. The van der Waals surface area contributed by atoms with Gasteiger partial charge in [-0.1, -0.05) is 0 Å². The molecule has 1 fully saturated rings. The van der Waals surface area contributed by atoms with Gasteiger partial charge in [0.15, 0.2) is 15.4 Å². The third-order valence-electron chi connectivity index (χ3n) is 5.28. The van der Waals surface area contributed by atoms with Gasteiger partial charge in [0.1, 0.15) is 23.0 Å². The monoisotopic (exact) mass is 472 g/mol. The second-order valence-corrected chi connectivity index (χ2v) is 11.2. The summed E-state index contributed by atoms with van der Waals surface area (Å²) in [6.07, 6.45) is 2.36. The molecule has 1 aliphatic heterocycles. The number of nitrogens with zero attached hydrogens (tertiary/aromatic N) is 2. The van der Waals surface area contributed by atoms with Gasteiger partial charge in [0, 0.05) is 37.8 Å². The number of carbonyl (C=O) groups excluding carboxylic acids is 1. The molecule has 8 nitrogen and oxygen atoms in total. The van der Waals surface area contributed by atoms with E-state index in [2.05, 4.69) is 4.98 Å². The van der Waals surface area contributed by atoms with Crippen LogP contribution in [0.2, 0.25) is 0 Å². The smallest absolute Gasteiger partial charge is 0.410 e. The number of carbonyl (C=O) groups is 1. The number of ether oxygens (including phenoxy) is 2. The predicted molar refractivity (Wildman–Crippen MR) is 124 cm³/mol. The maximum Gasteiger partial charge on any atom is 0.410 e. The van der Waals surface area contributed by atoms with E-state index in [1.165, 1.54) is 12.1 Å². The van der Waals surface area contributed by atoms with Crippen molar-refractivity contribution in [2.45, 2.75) is 50.2 Å². The van der Waals surface area contributed by atoms with Crippen molar-refractivity contribution in [3.8, 4) is 17.2 Å². The molecule has 0 unspecified atom stereocenters. The van der Waals surface area contributed by atoms with Gasteiger partial charge < -0.3 is 18.8 Å². The lowest BCUT2D eigenvalue weighted by Gasteiger charge is -2.33. The first-order valence-electron chi connectivity index (χ1n) is 10.8. The van der Waals surface area contributed by atoms with Crippen LogP contribution in [0.3, 0.4) is 0 Å². The zero-order chi connectivity index (χ0) is 23.8. The van der Waals surface area contributed by atoms with Crippen LogP contribution in [0.15, 0.2) is 51.8 Å². The molecule has 2 heterocycles. The number of oxazole rings is 1. The molecule has 1 aliphatic rings. The van der Waals surface area contributed by atoms with Crippen molar-refractivity contribution in [1.82, 2.24) is 9.88 Å². The predicted octanol–water partition coefficient (Wildman–Crippen LogP) is 4.68. The van der Waals surface area contributed by atoms with E-state index in [1.807, 2.05) is 45.0 Å². The Hall–Kier alpha value is -3.07. The Balaban J connectivity index is 1.38. The fourth-order valence-corrected chi connectivity index (χ4v) is 4.25. The van der Waals surface area contributed by atoms with Crippen molar-refractivity contribution in [3.63, 3.8) is 0 Å². The van der Waals surface area contributed by atoms with Gasteiger partial charge in [0.05, 0.1) is 4.90 Å². The third kappa shape index (κ3) is 5.65. The van der Waals surface area contributed by atoms with Gasteiger partial charge in [-0.15, -0.1) is 0 Å². The molecule has 1 amide bonds. The minimum atomic E-state index is -3.31. The number of benzene rings is 2. The van der Waals surface area contributed by atoms with Crippen molar-refractivity contribution < 1.29 is 27.1 Å². The molecular weight excluding hydrogens is 444 g/mol. The summed E-state index contributed by atoms with van der Waals surface area (Å²) in [5, 5.41) is 0. The van der Waals surface area contributed by atoms with Crippen molar-refractivity contribution in [2.75, 3.05) is 19.3 Å². The van der Waals surface area contributed by atoms with E-state index >= 15 is 0 Å². The molecule has 0 N–H and O–H groups in total. The lowest BCUT2D eigenvalue weighted by molar-refractivity contribution is 0.0126. The Labute approximate surface area is 193 Å². The lowest BCUT2D eigenvalue weighted by atomic mass is 10.1. The van der Waals surface area contributed by atoms with E-state index in [0.717, 1.165) is 30.4 Å². The minimum absolute atomic E-state index is 0.0216. The van der Waals surface area contributed by atoms with Crippen LogP contribution in [0.4, 0.5) is 4.79 Å². The van der Waals surface area contributed by atoms with E-state index in [4.69, 9.17) is 13.9 Å². The number of rotatable bonds is 4. The van der Waals surface area contributed by atoms with Crippen molar-refractivity contribution in [2.24, 2.45) is 0 Å². The molecule has 0 radical (unpaired) electrons. The average molecular weight is 473 g/mol. The number of amides is 1. The SMILES string of the molecule is CC(C)(C)OC(=O)N1CCC(Oc2ccc(-c3nc4cc(S(C)(=O)=O)ccc4o3)cc2)CC1. The lowest BCUT2D eigenvalue weighted by Crippen LogP contribution is -2.44. The molecule has 0 spiro atoms. The summed E-state index contributed by atoms with van der Waals surface area (Å²) in [5.41, 5.74) is 1.27. The molecule has 1 saturated heterocycles. The standard InChI is InChI=1S/C24H28N2O6S/c1-24(2,3)32-23(27)26-13-11-18(12-14-26)30-17-7-5-16(6-8-17)22-25-20-15-19(33(4,28)29)9-10-21(20)31-22/h5-10,15,18H,11-14H2,1-4H3. The van der Waals surface area contributed by atoms with Crippen LogP contribution >= 0.6 is 0 Å². The van der Waals surface area contributed by atoms with Crippen LogP contribution in [0.1, 0.15) is 33.6 Å². The van der Waals surface area contributed by atoms with Crippen LogP contribution in [-0.2, 0) is 14.6 Å².